The van der Waals surface area contributed by atoms with Crippen LogP contribution < -0.4 is 10.6 Å². The Labute approximate surface area is 103 Å². The minimum Gasteiger partial charge on any atom is -0.383 e. The molecule has 5 nitrogen and oxygen atoms in total. The van der Waals surface area contributed by atoms with Crippen molar-refractivity contribution in [3.05, 3.63) is 11.8 Å². The van der Waals surface area contributed by atoms with Crippen molar-refractivity contribution in [3.8, 4) is 0 Å². The van der Waals surface area contributed by atoms with Crippen LogP contribution in [-0.4, -0.2) is 36.8 Å². The van der Waals surface area contributed by atoms with Crippen molar-refractivity contribution < 1.29 is 4.74 Å². The largest absolute Gasteiger partial charge is 0.383 e. The standard InChI is InChI=1S/C12H22N4O/c1-4-5-6-14-12-15-10(2)9-11(16-12)13-7-8-17-3/h9H,4-8H2,1-3H3,(H2,13,14,15,16). The Morgan fingerprint density at radius 2 is 2.06 bits per heavy atom. The van der Waals surface area contributed by atoms with Crippen LogP contribution in [0.4, 0.5) is 11.8 Å². The number of methoxy groups -OCH3 is 1. The Kier molecular flexibility index (Phi) is 6.32. The highest BCUT2D eigenvalue weighted by Gasteiger charge is 2.01. The average molecular weight is 238 g/mol. The molecule has 1 heterocycles. The van der Waals surface area contributed by atoms with Crippen molar-refractivity contribution in [1.82, 2.24) is 9.97 Å². The molecule has 0 unspecified atom stereocenters. The van der Waals surface area contributed by atoms with Gasteiger partial charge in [0.25, 0.3) is 0 Å². The van der Waals surface area contributed by atoms with Crippen molar-refractivity contribution in [2.24, 2.45) is 0 Å². The maximum Gasteiger partial charge on any atom is 0.224 e. The minimum atomic E-state index is 0.668. The molecule has 1 rings (SSSR count). The fourth-order valence-electron chi connectivity index (χ4n) is 1.40. The fraction of sp³-hybridized carbons (Fsp3) is 0.667. The predicted molar refractivity (Wildman–Crippen MR) is 70.5 cm³/mol. The fourth-order valence-corrected chi connectivity index (χ4v) is 1.40. The molecule has 0 aromatic carbocycles. The summed E-state index contributed by atoms with van der Waals surface area (Å²) < 4.78 is 4.98. The lowest BCUT2D eigenvalue weighted by Crippen LogP contribution is -2.12. The molecule has 2 N–H and O–H groups in total. The van der Waals surface area contributed by atoms with E-state index in [9.17, 15) is 0 Å². The Hall–Kier alpha value is -1.36. The Morgan fingerprint density at radius 3 is 2.76 bits per heavy atom. The van der Waals surface area contributed by atoms with Crippen LogP contribution >= 0.6 is 0 Å². The highest BCUT2D eigenvalue weighted by molar-refractivity contribution is 5.42. The van der Waals surface area contributed by atoms with Crippen LogP contribution in [0, 0.1) is 6.92 Å². The molecule has 0 aliphatic rings. The summed E-state index contributed by atoms with van der Waals surface area (Å²) in [6.07, 6.45) is 2.29. The third kappa shape index (κ3) is 5.49. The Bertz CT molecular complexity index is 302. The second kappa shape index (κ2) is 7.84. The first-order chi connectivity index (χ1) is 8.26. The van der Waals surface area contributed by atoms with Crippen molar-refractivity contribution >= 4 is 11.8 Å². The second-order valence-corrected chi connectivity index (χ2v) is 3.92. The summed E-state index contributed by atoms with van der Waals surface area (Å²) in [6.45, 7) is 6.46. The van der Waals surface area contributed by atoms with Crippen LogP contribution in [0.2, 0.25) is 0 Å². The van der Waals surface area contributed by atoms with Crippen LogP contribution in [0.15, 0.2) is 6.07 Å². The summed E-state index contributed by atoms with van der Waals surface area (Å²) in [5.41, 5.74) is 0.957. The molecule has 0 aliphatic heterocycles. The van der Waals surface area contributed by atoms with Crippen molar-refractivity contribution in [2.45, 2.75) is 26.7 Å². The number of ether oxygens (including phenoxy) is 1. The number of aromatic nitrogens is 2. The molecule has 17 heavy (non-hydrogen) atoms. The van der Waals surface area contributed by atoms with E-state index in [2.05, 4.69) is 27.5 Å². The monoisotopic (exact) mass is 238 g/mol. The van der Waals surface area contributed by atoms with Crippen LogP contribution in [0.25, 0.3) is 0 Å². The normalized spacial score (nSPS) is 10.3. The average Bonchev–Trinajstić information content (AvgIpc) is 2.29. The molecule has 0 aliphatic carbocycles. The molecule has 0 saturated heterocycles. The molecular formula is C12H22N4O. The molecule has 1 aromatic rings. The number of nitrogens with zero attached hydrogens (tertiary/aromatic N) is 2. The Balaban J connectivity index is 2.53. The number of anilines is 2. The van der Waals surface area contributed by atoms with Gasteiger partial charge in [0.15, 0.2) is 0 Å². The highest BCUT2D eigenvalue weighted by atomic mass is 16.5. The number of rotatable bonds is 8. The molecular weight excluding hydrogens is 216 g/mol. The quantitative estimate of drug-likeness (QED) is 0.679. The lowest BCUT2D eigenvalue weighted by Gasteiger charge is -2.09. The number of nitrogens with one attached hydrogen (secondary N) is 2. The lowest BCUT2D eigenvalue weighted by molar-refractivity contribution is 0.210. The molecule has 1 aromatic heterocycles. The van der Waals surface area contributed by atoms with E-state index in [0.29, 0.717) is 12.6 Å². The van der Waals surface area contributed by atoms with E-state index in [1.165, 1.54) is 0 Å². The van der Waals surface area contributed by atoms with Gasteiger partial charge in [-0.1, -0.05) is 13.3 Å². The van der Waals surface area contributed by atoms with Crippen molar-refractivity contribution in [2.75, 3.05) is 37.4 Å². The van der Waals surface area contributed by atoms with E-state index in [1.54, 1.807) is 7.11 Å². The number of aryl methyl sites for hydroxylation is 1. The van der Waals surface area contributed by atoms with E-state index in [-0.39, 0.29) is 0 Å². The van der Waals surface area contributed by atoms with E-state index < -0.39 is 0 Å². The molecule has 0 saturated carbocycles. The molecule has 0 fully saturated rings. The summed E-state index contributed by atoms with van der Waals surface area (Å²) in [5, 5.41) is 6.42. The van der Waals surface area contributed by atoms with E-state index >= 15 is 0 Å². The van der Waals surface area contributed by atoms with Gasteiger partial charge in [-0.25, -0.2) is 4.98 Å². The van der Waals surface area contributed by atoms with Gasteiger partial charge in [-0.15, -0.1) is 0 Å². The summed E-state index contributed by atoms with van der Waals surface area (Å²) in [5.74, 6) is 1.53. The number of unbranched alkanes of at least 4 members (excludes halogenated alkanes) is 1. The lowest BCUT2D eigenvalue weighted by atomic mass is 10.3. The molecule has 5 heteroatoms. The zero-order valence-electron chi connectivity index (χ0n) is 10.9. The van der Waals surface area contributed by atoms with Gasteiger partial charge in [-0.3, -0.25) is 0 Å². The summed E-state index contributed by atoms with van der Waals surface area (Å²) in [6, 6.07) is 1.93. The van der Waals surface area contributed by atoms with Gasteiger partial charge >= 0.3 is 0 Å². The molecule has 0 spiro atoms. The van der Waals surface area contributed by atoms with Crippen LogP contribution in [0.1, 0.15) is 25.5 Å². The molecule has 0 bridgehead atoms. The van der Waals surface area contributed by atoms with Crippen LogP contribution in [0.5, 0.6) is 0 Å². The zero-order valence-corrected chi connectivity index (χ0v) is 10.9. The SMILES string of the molecule is CCCCNc1nc(C)cc(NCCOC)n1. The minimum absolute atomic E-state index is 0.668. The van der Waals surface area contributed by atoms with Gasteiger partial charge < -0.3 is 15.4 Å². The van der Waals surface area contributed by atoms with Crippen LogP contribution in [-0.2, 0) is 4.74 Å². The molecule has 0 atom stereocenters. The van der Waals surface area contributed by atoms with Gasteiger partial charge in [0.05, 0.1) is 6.61 Å². The predicted octanol–water partition coefficient (Wildman–Crippen LogP) is 2.06. The van der Waals surface area contributed by atoms with Crippen molar-refractivity contribution in [1.29, 1.82) is 0 Å². The third-order valence-electron chi connectivity index (χ3n) is 2.28. The summed E-state index contributed by atoms with van der Waals surface area (Å²) >= 11 is 0. The van der Waals surface area contributed by atoms with Crippen molar-refractivity contribution in [3.63, 3.8) is 0 Å². The van der Waals surface area contributed by atoms with Gasteiger partial charge in [-0.05, 0) is 13.3 Å². The third-order valence-corrected chi connectivity index (χ3v) is 2.28. The van der Waals surface area contributed by atoms with Gasteiger partial charge in [0.2, 0.25) is 5.95 Å². The number of hydrogen-bond donors (Lipinski definition) is 2. The first-order valence-electron chi connectivity index (χ1n) is 6.08. The Morgan fingerprint density at radius 1 is 1.24 bits per heavy atom. The smallest absolute Gasteiger partial charge is 0.224 e. The van der Waals surface area contributed by atoms with Gasteiger partial charge in [0, 0.05) is 32.0 Å². The molecule has 0 amide bonds. The topological polar surface area (TPSA) is 59.1 Å². The van der Waals surface area contributed by atoms with Gasteiger partial charge in [0.1, 0.15) is 5.82 Å². The maximum atomic E-state index is 4.98. The zero-order chi connectivity index (χ0) is 12.5. The summed E-state index contributed by atoms with van der Waals surface area (Å²) in [7, 11) is 1.69. The maximum absolute atomic E-state index is 4.98. The second-order valence-electron chi connectivity index (χ2n) is 3.92. The van der Waals surface area contributed by atoms with E-state index in [1.807, 2.05) is 13.0 Å². The van der Waals surface area contributed by atoms with E-state index in [0.717, 1.165) is 37.4 Å². The summed E-state index contributed by atoms with van der Waals surface area (Å²) in [4.78, 5) is 8.73. The first kappa shape index (κ1) is 13.7. The highest BCUT2D eigenvalue weighted by Crippen LogP contribution is 2.09. The number of hydrogen-bond acceptors (Lipinski definition) is 5. The van der Waals surface area contributed by atoms with Crippen LogP contribution in [0.3, 0.4) is 0 Å². The van der Waals surface area contributed by atoms with Gasteiger partial charge in [-0.2, -0.15) is 4.98 Å². The molecule has 96 valence electrons. The molecule has 0 radical (unpaired) electrons. The first-order valence-corrected chi connectivity index (χ1v) is 6.08. The van der Waals surface area contributed by atoms with E-state index in [4.69, 9.17) is 4.74 Å².